The number of carbonyl (C=O) groups excluding carboxylic acids is 1. The fourth-order valence-electron chi connectivity index (χ4n) is 3.81. The van der Waals surface area contributed by atoms with Crippen LogP contribution in [0.3, 0.4) is 0 Å². The molecule has 1 amide bonds. The summed E-state index contributed by atoms with van der Waals surface area (Å²) in [7, 11) is 0. The van der Waals surface area contributed by atoms with E-state index in [9.17, 15) is 27.9 Å². The number of amides is 1. The molecule has 0 aliphatic carbocycles. The molecule has 0 saturated carbocycles. The Hall–Kier alpha value is -3.97. The lowest BCUT2D eigenvalue weighted by Crippen LogP contribution is -2.37. The minimum atomic E-state index is -4.96. The van der Waals surface area contributed by atoms with Gasteiger partial charge in [0.15, 0.2) is 17.8 Å². The maximum absolute atomic E-state index is 13.1. The molecule has 4 aromatic rings. The van der Waals surface area contributed by atoms with Gasteiger partial charge in [-0.1, -0.05) is 29.8 Å². The van der Waals surface area contributed by atoms with Gasteiger partial charge in [-0.3, -0.25) is 9.36 Å². The van der Waals surface area contributed by atoms with E-state index in [0.717, 1.165) is 15.8 Å². The van der Waals surface area contributed by atoms with Crippen molar-refractivity contribution in [3.63, 3.8) is 0 Å². The van der Waals surface area contributed by atoms with E-state index in [-0.39, 0.29) is 24.0 Å². The fraction of sp³-hybridized carbons (Fsp3) is 0.261. The highest BCUT2D eigenvalue weighted by Gasteiger charge is 2.39. The number of nitrogens with two attached hydrogens (primary N) is 1. The zero-order valence-electron chi connectivity index (χ0n) is 19.6. The number of aromatic nitrogens is 6. The molecule has 194 valence electrons. The molecule has 0 aliphatic rings. The Bertz CT molecular complexity index is 1500. The Morgan fingerprint density at radius 1 is 1.11 bits per heavy atom. The van der Waals surface area contributed by atoms with Gasteiger partial charge in [0.1, 0.15) is 6.54 Å². The average molecular weight is 536 g/mol. The van der Waals surface area contributed by atoms with Crippen LogP contribution in [0.25, 0.3) is 17.1 Å². The standard InChI is InChI=1S/C23H21ClF3N7O3/c1-12-4-3-5-13(2)18(12)34-21(19(28)36)29-17(30-34)11-33-22(37)32(10-16(35)23(25,26)27)20(31-33)14-6-8-15(24)9-7-14/h3-9,16,35H,10-11H2,1-2H3,(H2,28,36). The Morgan fingerprint density at radius 3 is 2.30 bits per heavy atom. The minimum absolute atomic E-state index is 0.0257. The zero-order chi connectivity index (χ0) is 27.1. The van der Waals surface area contributed by atoms with Gasteiger partial charge >= 0.3 is 11.9 Å². The second-order valence-corrected chi connectivity index (χ2v) is 8.74. The third-order valence-corrected chi connectivity index (χ3v) is 5.82. The summed E-state index contributed by atoms with van der Waals surface area (Å²) in [5, 5.41) is 18.5. The van der Waals surface area contributed by atoms with E-state index < -0.39 is 30.4 Å². The Balaban J connectivity index is 1.80. The first-order valence-corrected chi connectivity index (χ1v) is 11.2. The van der Waals surface area contributed by atoms with Crippen molar-refractivity contribution in [1.29, 1.82) is 0 Å². The van der Waals surface area contributed by atoms with Gasteiger partial charge in [0.25, 0.3) is 5.91 Å². The maximum Gasteiger partial charge on any atom is 0.416 e. The van der Waals surface area contributed by atoms with Crippen molar-refractivity contribution in [2.24, 2.45) is 5.73 Å². The number of primary amides is 1. The molecule has 1 unspecified atom stereocenters. The van der Waals surface area contributed by atoms with E-state index in [1.807, 2.05) is 32.0 Å². The van der Waals surface area contributed by atoms with Crippen molar-refractivity contribution in [3.8, 4) is 17.1 Å². The third kappa shape index (κ3) is 5.27. The van der Waals surface area contributed by atoms with Gasteiger partial charge in [0.05, 0.1) is 12.2 Å². The molecule has 2 aromatic heterocycles. The van der Waals surface area contributed by atoms with Crippen molar-refractivity contribution >= 4 is 17.5 Å². The van der Waals surface area contributed by atoms with Crippen LogP contribution in [-0.4, -0.2) is 52.4 Å². The van der Waals surface area contributed by atoms with Gasteiger partial charge in [-0.15, -0.1) is 10.2 Å². The molecule has 0 aliphatic heterocycles. The molecular formula is C23H21ClF3N7O3. The molecule has 1 atom stereocenters. The third-order valence-electron chi connectivity index (χ3n) is 5.57. The summed E-state index contributed by atoms with van der Waals surface area (Å²) in [5.41, 5.74) is 6.99. The number of hydrogen-bond acceptors (Lipinski definition) is 6. The van der Waals surface area contributed by atoms with E-state index in [2.05, 4.69) is 15.2 Å². The summed E-state index contributed by atoms with van der Waals surface area (Å²) in [5.74, 6) is -1.21. The normalized spacial score (nSPS) is 12.6. The second-order valence-electron chi connectivity index (χ2n) is 8.31. The van der Waals surface area contributed by atoms with Gasteiger partial charge < -0.3 is 10.8 Å². The summed E-state index contributed by atoms with van der Waals surface area (Å²) < 4.78 is 42.1. The highest BCUT2D eigenvalue weighted by atomic mass is 35.5. The fourth-order valence-corrected chi connectivity index (χ4v) is 3.93. The number of rotatable bonds is 7. The molecular weight excluding hydrogens is 515 g/mol. The molecule has 10 nitrogen and oxygen atoms in total. The van der Waals surface area contributed by atoms with Gasteiger partial charge in [0, 0.05) is 10.6 Å². The Kier molecular flexibility index (Phi) is 6.93. The summed E-state index contributed by atoms with van der Waals surface area (Å²) >= 11 is 5.90. The second kappa shape index (κ2) is 9.82. The van der Waals surface area contributed by atoms with Gasteiger partial charge in [0.2, 0.25) is 5.82 Å². The van der Waals surface area contributed by atoms with Crippen LogP contribution in [0.4, 0.5) is 13.2 Å². The quantitative estimate of drug-likeness (QED) is 0.374. The highest BCUT2D eigenvalue weighted by Crippen LogP contribution is 2.24. The summed E-state index contributed by atoms with van der Waals surface area (Å²) in [6, 6.07) is 11.4. The van der Waals surface area contributed by atoms with E-state index in [1.165, 1.54) is 28.9 Å². The van der Waals surface area contributed by atoms with Crippen LogP contribution in [0.5, 0.6) is 0 Å². The number of alkyl halides is 3. The lowest BCUT2D eigenvalue weighted by atomic mass is 10.1. The first kappa shape index (κ1) is 26.1. The Morgan fingerprint density at radius 2 is 1.73 bits per heavy atom. The average Bonchev–Trinajstić information content (AvgIpc) is 3.36. The number of halogens is 4. The van der Waals surface area contributed by atoms with Crippen LogP contribution in [0.15, 0.2) is 47.3 Å². The molecule has 2 heterocycles. The number of aliphatic hydroxyl groups excluding tert-OH is 1. The monoisotopic (exact) mass is 535 g/mol. The molecule has 2 aromatic carbocycles. The zero-order valence-corrected chi connectivity index (χ0v) is 20.3. The van der Waals surface area contributed by atoms with E-state index in [1.54, 1.807) is 0 Å². The number of carbonyl (C=O) groups is 1. The van der Waals surface area contributed by atoms with Gasteiger partial charge in [-0.05, 0) is 49.2 Å². The number of para-hydroxylation sites is 1. The van der Waals surface area contributed by atoms with Crippen LogP contribution in [0.1, 0.15) is 27.6 Å². The van der Waals surface area contributed by atoms with Gasteiger partial charge in [-0.2, -0.15) is 13.2 Å². The summed E-state index contributed by atoms with van der Waals surface area (Å²) in [6.45, 7) is 2.15. The smallest absolute Gasteiger partial charge is 0.382 e. The molecule has 3 N–H and O–H groups in total. The van der Waals surface area contributed by atoms with Crippen molar-refractivity contribution < 1.29 is 23.1 Å². The topological polar surface area (TPSA) is 134 Å². The Labute approximate surface area is 212 Å². The first-order chi connectivity index (χ1) is 17.4. The number of nitrogens with zero attached hydrogens (tertiary/aromatic N) is 6. The SMILES string of the molecule is Cc1cccc(C)c1-n1nc(Cn2nc(-c3ccc(Cl)cc3)n(CC(O)C(F)(F)F)c2=O)nc1C(N)=O. The van der Waals surface area contributed by atoms with Crippen molar-refractivity contribution in [2.45, 2.75) is 39.2 Å². The summed E-state index contributed by atoms with van der Waals surface area (Å²) in [4.78, 5) is 29.4. The number of aryl methyl sites for hydroxylation is 2. The van der Waals surface area contributed by atoms with Crippen molar-refractivity contribution in [1.82, 2.24) is 29.1 Å². The molecule has 37 heavy (non-hydrogen) atoms. The number of hydrogen-bond donors (Lipinski definition) is 2. The predicted molar refractivity (Wildman–Crippen MR) is 127 cm³/mol. The molecule has 0 radical (unpaired) electrons. The van der Waals surface area contributed by atoms with E-state index in [4.69, 9.17) is 17.3 Å². The van der Waals surface area contributed by atoms with E-state index in [0.29, 0.717) is 20.8 Å². The van der Waals surface area contributed by atoms with Crippen LogP contribution in [0, 0.1) is 13.8 Å². The molecule has 14 heteroatoms. The van der Waals surface area contributed by atoms with Gasteiger partial charge in [-0.25, -0.2) is 19.1 Å². The van der Waals surface area contributed by atoms with Crippen LogP contribution in [0.2, 0.25) is 5.02 Å². The number of benzene rings is 2. The lowest BCUT2D eigenvalue weighted by Gasteiger charge is -2.15. The first-order valence-electron chi connectivity index (χ1n) is 10.9. The van der Waals surface area contributed by atoms with Crippen LogP contribution >= 0.6 is 11.6 Å². The summed E-state index contributed by atoms with van der Waals surface area (Å²) in [6.07, 6.45) is -7.77. The predicted octanol–water partition coefficient (Wildman–Crippen LogP) is 2.63. The largest absolute Gasteiger partial charge is 0.416 e. The molecule has 4 rings (SSSR count). The van der Waals surface area contributed by atoms with E-state index >= 15 is 0 Å². The lowest BCUT2D eigenvalue weighted by molar-refractivity contribution is -0.207. The molecule has 0 fully saturated rings. The number of aliphatic hydroxyl groups is 1. The van der Waals surface area contributed by atoms with Crippen molar-refractivity contribution in [3.05, 3.63) is 80.7 Å². The highest BCUT2D eigenvalue weighted by molar-refractivity contribution is 6.30. The minimum Gasteiger partial charge on any atom is -0.382 e. The molecule has 0 saturated heterocycles. The van der Waals surface area contributed by atoms with Crippen LogP contribution in [-0.2, 0) is 13.1 Å². The maximum atomic E-state index is 13.1. The van der Waals surface area contributed by atoms with Crippen molar-refractivity contribution in [2.75, 3.05) is 0 Å². The molecule has 0 bridgehead atoms. The molecule has 0 spiro atoms. The van der Waals surface area contributed by atoms with Crippen LogP contribution < -0.4 is 11.4 Å².